The fourth-order valence-corrected chi connectivity index (χ4v) is 4.53. The van der Waals surface area contributed by atoms with Crippen LogP contribution in [0.25, 0.3) is 0 Å². The van der Waals surface area contributed by atoms with Crippen LogP contribution in [0, 0.1) is 12.8 Å². The van der Waals surface area contributed by atoms with Crippen LogP contribution in [0.1, 0.15) is 44.7 Å². The van der Waals surface area contributed by atoms with E-state index in [0.717, 1.165) is 11.1 Å². The van der Waals surface area contributed by atoms with Crippen molar-refractivity contribution in [3.8, 4) is 0 Å². The highest BCUT2D eigenvalue weighted by molar-refractivity contribution is 5.98. The molecule has 0 saturated carbocycles. The molecule has 3 amide bonds. The number of benzene rings is 3. The zero-order chi connectivity index (χ0) is 24.6. The Morgan fingerprint density at radius 3 is 2.11 bits per heavy atom. The first kappa shape index (κ1) is 24.2. The Labute approximate surface area is 206 Å². The zero-order valence-electron chi connectivity index (χ0n) is 19.9. The summed E-state index contributed by atoms with van der Waals surface area (Å²) in [5.41, 5.74) is 3.17. The fourth-order valence-electron chi connectivity index (χ4n) is 4.53. The molecule has 1 aliphatic rings. The average Bonchev–Trinajstić information content (AvgIpc) is 2.91. The summed E-state index contributed by atoms with van der Waals surface area (Å²) in [5, 5.41) is 5.96. The Kier molecular flexibility index (Phi) is 7.93. The number of amides is 3. The van der Waals surface area contributed by atoms with Gasteiger partial charge in [0, 0.05) is 30.8 Å². The van der Waals surface area contributed by atoms with E-state index in [4.69, 9.17) is 0 Å². The van der Waals surface area contributed by atoms with Crippen molar-refractivity contribution in [1.82, 2.24) is 15.5 Å². The van der Waals surface area contributed by atoms with Gasteiger partial charge in [-0.2, -0.15) is 0 Å². The van der Waals surface area contributed by atoms with Crippen molar-refractivity contribution in [2.75, 3.05) is 13.1 Å². The van der Waals surface area contributed by atoms with E-state index in [1.54, 1.807) is 24.3 Å². The van der Waals surface area contributed by atoms with Crippen molar-refractivity contribution in [2.24, 2.45) is 5.92 Å². The number of hydrogen-bond donors (Lipinski definition) is 2. The van der Waals surface area contributed by atoms with E-state index in [9.17, 15) is 14.4 Å². The minimum atomic E-state index is -0.679. The van der Waals surface area contributed by atoms with Crippen LogP contribution >= 0.6 is 0 Å². The highest BCUT2D eigenvalue weighted by atomic mass is 16.2. The van der Waals surface area contributed by atoms with Crippen molar-refractivity contribution >= 4 is 17.7 Å². The molecule has 6 nitrogen and oxygen atoms in total. The summed E-state index contributed by atoms with van der Waals surface area (Å²) in [6.45, 7) is 3.41. The molecule has 3 aromatic carbocycles. The Balaban J connectivity index is 1.44. The number of carbonyl (C=O) groups excluding carboxylic acids is 3. The summed E-state index contributed by atoms with van der Waals surface area (Å²) < 4.78 is 0. The van der Waals surface area contributed by atoms with Crippen LogP contribution in [-0.2, 0) is 11.3 Å². The lowest BCUT2D eigenvalue weighted by atomic mass is 9.88. The van der Waals surface area contributed by atoms with E-state index in [1.165, 1.54) is 0 Å². The van der Waals surface area contributed by atoms with Crippen molar-refractivity contribution in [3.63, 3.8) is 0 Å². The van der Waals surface area contributed by atoms with Crippen LogP contribution in [-0.4, -0.2) is 41.8 Å². The maximum absolute atomic E-state index is 13.3. The molecule has 0 aliphatic carbocycles. The largest absolute Gasteiger partial charge is 0.350 e. The molecule has 0 bridgehead atoms. The second-order valence-corrected chi connectivity index (χ2v) is 8.97. The lowest BCUT2D eigenvalue weighted by Crippen LogP contribution is -2.53. The van der Waals surface area contributed by atoms with Crippen molar-refractivity contribution in [1.29, 1.82) is 0 Å². The van der Waals surface area contributed by atoms with Gasteiger partial charge in [0.05, 0.1) is 0 Å². The van der Waals surface area contributed by atoms with Crippen molar-refractivity contribution in [3.05, 3.63) is 107 Å². The minimum absolute atomic E-state index is 0.0138. The zero-order valence-corrected chi connectivity index (χ0v) is 19.9. The maximum atomic E-state index is 13.3. The summed E-state index contributed by atoms with van der Waals surface area (Å²) in [5.74, 6) is -0.537. The predicted octanol–water partition coefficient (Wildman–Crippen LogP) is 3.96. The molecule has 1 aliphatic heterocycles. The number of hydrogen-bond acceptors (Lipinski definition) is 3. The number of aryl methyl sites for hydroxylation is 1. The number of nitrogens with zero attached hydrogens (tertiary/aromatic N) is 1. The van der Waals surface area contributed by atoms with Gasteiger partial charge in [0.25, 0.3) is 11.8 Å². The number of nitrogens with one attached hydrogen (secondary N) is 2. The van der Waals surface area contributed by atoms with Crippen LogP contribution in [0.5, 0.6) is 0 Å². The molecule has 0 radical (unpaired) electrons. The lowest BCUT2D eigenvalue weighted by Gasteiger charge is -2.36. The van der Waals surface area contributed by atoms with Crippen LogP contribution in [0.3, 0.4) is 0 Å². The van der Waals surface area contributed by atoms with E-state index in [-0.39, 0.29) is 23.6 Å². The van der Waals surface area contributed by atoms with Gasteiger partial charge in [-0.15, -0.1) is 0 Å². The molecule has 35 heavy (non-hydrogen) atoms. The van der Waals surface area contributed by atoms with Gasteiger partial charge in [-0.1, -0.05) is 66.7 Å². The normalized spacial score (nSPS) is 14.7. The van der Waals surface area contributed by atoms with Gasteiger partial charge in [-0.05, 0) is 55.0 Å². The molecular formula is C29H31N3O3. The number of carbonyl (C=O) groups is 3. The van der Waals surface area contributed by atoms with Gasteiger partial charge in [0.15, 0.2) is 0 Å². The molecule has 0 unspecified atom stereocenters. The van der Waals surface area contributed by atoms with E-state index >= 15 is 0 Å². The monoisotopic (exact) mass is 469 g/mol. The SMILES string of the molecule is Cc1ccccc1C(=O)N1CCC([C@@H](NC(=O)c2ccccc2)C(=O)NCc2ccccc2)CC1. The Hall–Kier alpha value is -3.93. The summed E-state index contributed by atoms with van der Waals surface area (Å²) >= 11 is 0. The van der Waals surface area contributed by atoms with Crippen LogP contribution in [0.15, 0.2) is 84.9 Å². The Bertz CT molecular complexity index is 1160. The lowest BCUT2D eigenvalue weighted by molar-refractivity contribution is -0.124. The third kappa shape index (κ3) is 6.15. The van der Waals surface area contributed by atoms with Gasteiger partial charge >= 0.3 is 0 Å². The third-order valence-corrected chi connectivity index (χ3v) is 6.59. The summed E-state index contributed by atoms with van der Waals surface area (Å²) in [6, 6.07) is 25.5. The fraction of sp³-hybridized carbons (Fsp3) is 0.276. The van der Waals surface area contributed by atoms with Crippen LogP contribution in [0.4, 0.5) is 0 Å². The second kappa shape index (κ2) is 11.5. The van der Waals surface area contributed by atoms with E-state index in [1.807, 2.05) is 72.5 Å². The molecule has 180 valence electrons. The third-order valence-electron chi connectivity index (χ3n) is 6.59. The molecule has 4 rings (SSSR count). The Morgan fingerprint density at radius 1 is 0.857 bits per heavy atom. The molecule has 1 saturated heterocycles. The maximum Gasteiger partial charge on any atom is 0.254 e. The number of rotatable bonds is 7. The molecule has 2 N–H and O–H groups in total. The quantitative estimate of drug-likeness (QED) is 0.550. The van der Waals surface area contributed by atoms with Crippen LogP contribution in [0.2, 0.25) is 0 Å². The van der Waals surface area contributed by atoms with Gasteiger partial charge in [-0.25, -0.2) is 0 Å². The first-order chi connectivity index (χ1) is 17.0. The highest BCUT2D eigenvalue weighted by Gasteiger charge is 2.34. The van der Waals surface area contributed by atoms with E-state index < -0.39 is 6.04 Å². The first-order valence-corrected chi connectivity index (χ1v) is 12.1. The Morgan fingerprint density at radius 2 is 1.46 bits per heavy atom. The summed E-state index contributed by atoms with van der Waals surface area (Å²) in [7, 11) is 0. The molecule has 0 spiro atoms. The molecular weight excluding hydrogens is 438 g/mol. The minimum Gasteiger partial charge on any atom is -0.350 e. The molecule has 1 atom stereocenters. The van der Waals surface area contributed by atoms with Crippen molar-refractivity contribution < 1.29 is 14.4 Å². The highest BCUT2D eigenvalue weighted by Crippen LogP contribution is 2.24. The van der Waals surface area contributed by atoms with Gasteiger partial charge in [0.1, 0.15) is 6.04 Å². The molecule has 3 aromatic rings. The van der Waals surface area contributed by atoms with Gasteiger partial charge < -0.3 is 15.5 Å². The van der Waals surface area contributed by atoms with Gasteiger partial charge in [-0.3, -0.25) is 14.4 Å². The van der Waals surface area contributed by atoms with Gasteiger partial charge in [0.2, 0.25) is 5.91 Å². The van der Waals surface area contributed by atoms with E-state index in [0.29, 0.717) is 43.6 Å². The summed E-state index contributed by atoms with van der Waals surface area (Å²) in [6.07, 6.45) is 1.27. The second-order valence-electron chi connectivity index (χ2n) is 8.97. The molecule has 1 fully saturated rings. The topological polar surface area (TPSA) is 78.5 Å². The molecule has 1 heterocycles. The number of piperidine rings is 1. The number of likely N-dealkylation sites (tertiary alicyclic amines) is 1. The van der Waals surface area contributed by atoms with Crippen molar-refractivity contribution in [2.45, 2.75) is 32.4 Å². The smallest absolute Gasteiger partial charge is 0.254 e. The standard InChI is InChI=1S/C29H31N3O3/c1-21-10-8-9-15-25(21)29(35)32-18-16-23(17-19-32)26(31-27(33)24-13-6-3-7-14-24)28(34)30-20-22-11-4-2-5-12-22/h2-15,23,26H,16-20H2,1H3,(H,30,34)(H,31,33)/t26-/m1/s1. The predicted molar refractivity (Wildman–Crippen MR) is 136 cm³/mol. The molecule has 0 aromatic heterocycles. The first-order valence-electron chi connectivity index (χ1n) is 12.1. The molecule has 6 heteroatoms. The van der Waals surface area contributed by atoms with E-state index in [2.05, 4.69) is 10.6 Å². The average molecular weight is 470 g/mol. The summed E-state index contributed by atoms with van der Waals surface area (Å²) in [4.78, 5) is 41.0. The van der Waals surface area contributed by atoms with Crippen LogP contribution < -0.4 is 10.6 Å².